The Bertz CT molecular complexity index is 814. The van der Waals surface area contributed by atoms with Crippen molar-refractivity contribution in [1.82, 2.24) is 5.32 Å². The molecule has 0 radical (unpaired) electrons. The fourth-order valence-electron chi connectivity index (χ4n) is 2.21. The summed E-state index contributed by atoms with van der Waals surface area (Å²) in [7, 11) is 3.11. The number of hydrogen-bond donors (Lipinski definition) is 2. The minimum atomic E-state index is -0.368. The molecule has 6 nitrogen and oxygen atoms in total. The fraction of sp³-hybridized carbons (Fsp3) is 0.222. The Morgan fingerprint density at radius 2 is 1.77 bits per heavy atom. The lowest BCUT2D eigenvalue weighted by Crippen LogP contribution is -2.34. The van der Waals surface area contributed by atoms with E-state index >= 15 is 0 Å². The number of hydrogen-bond acceptors (Lipinski definition) is 5. The van der Waals surface area contributed by atoms with Crippen molar-refractivity contribution in [2.75, 3.05) is 26.1 Å². The van der Waals surface area contributed by atoms with Crippen LogP contribution in [-0.4, -0.2) is 31.8 Å². The van der Waals surface area contributed by atoms with Crippen LogP contribution in [0.4, 0.5) is 5.69 Å². The van der Waals surface area contributed by atoms with Crippen LogP contribution < -0.4 is 24.8 Å². The van der Waals surface area contributed by atoms with E-state index in [0.29, 0.717) is 35.1 Å². The predicted molar refractivity (Wildman–Crippen MR) is 109 cm³/mol. The third-order valence-electron chi connectivity index (χ3n) is 3.35. The molecule has 0 spiro atoms. The quantitative estimate of drug-likeness (QED) is 0.664. The van der Waals surface area contributed by atoms with Crippen molar-refractivity contribution in [3.63, 3.8) is 0 Å². The summed E-state index contributed by atoms with van der Waals surface area (Å²) in [5.74, 6) is 1.27. The molecule has 0 bridgehead atoms. The second kappa shape index (κ2) is 9.40. The first kappa shape index (κ1) is 20.0. The molecular formula is C18H19BrN2O4S. The standard InChI is InChI=1S/C18H19BrN2O4S/c1-4-25-14-7-5-11(19)9-13(14)17(22)21-18(26)20-12-6-8-15(23-2)16(10-12)24-3/h5-10H,4H2,1-3H3,(H2,20,21,22,26). The van der Waals surface area contributed by atoms with Crippen molar-refractivity contribution in [1.29, 1.82) is 0 Å². The Labute approximate surface area is 166 Å². The molecule has 0 aromatic heterocycles. The predicted octanol–water partition coefficient (Wildman–Crippen LogP) is 3.99. The van der Waals surface area contributed by atoms with E-state index in [1.165, 1.54) is 0 Å². The van der Waals surface area contributed by atoms with E-state index in [1.54, 1.807) is 44.6 Å². The zero-order chi connectivity index (χ0) is 19.1. The van der Waals surface area contributed by atoms with E-state index < -0.39 is 0 Å². The number of rotatable bonds is 6. The van der Waals surface area contributed by atoms with Crippen LogP contribution in [0, 0.1) is 0 Å². The monoisotopic (exact) mass is 438 g/mol. The van der Waals surface area contributed by atoms with Crippen LogP contribution in [0.15, 0.2) is 40.9 Å². The third kappa shape index (κ3) is 5.09. The molecule has 0 aliphatic carbocycles. The van der Waals surface area contributed by atoms with Crippen LogP contribution in [0.25, 0.3) is 0 Å². The zero-order valence-corrected chi connectivity index (χ0v) is 17.0. The lowest BCUT2D eigenvalue weighted by molar-refractivity contribution is 0.0974. The average molecular weight is 439 g/mol. The van der Waals surface area contributed by atoms with Crippen molar-refractivity contribution in [3.8, 4) is 17.2 Å². The van der Waals surface area contributed by atoms with Crippen LogP contribution in [0.2, 0.25) is 0 Å². The van der Waals surface area contributed by atoms with Gasteiger partial charge in [0, 0.05) is 16.2 Å². The Hall–Kier alpha value is -2.32. The lowest BCUT2D eigenvalue weighted by atomic mass is 10.2. The van der Waals surface area contributed by atoms with E-state index in [0.717, 1.165) is 4.47 Å². The number of ether oxygens (including phenoxy) is 3. The summed E-state index contributed by atoms with van der Waals surface area (Å²) in [6, 6.07) is 10.5. The van der Waals surface area contributed by atoms with Crippen molar-refractivity contribution in [2.45, 2.75) is 6.92 Å². The molecule has 26 heavy (non-hydrogen) atoms. The summed E-state index contributed by atoms with van der Waals surface area (Å²) in [6.45, 7) is 2.31. The summed E-state index contributed by atoms with van der Waals surface area (Å²) in [5.41, 5.74) is 1.05. The molecule has 1 amide bonds. The number of amides is 1. The third-order valence-corrected chi connectivity index (χ3v) is 4.05. The summed E-state index contributed by atoms with van der Waals surface area (Å²) in [5, 5.41) is 5.75. The van der Waals surface area contributed by atoms with Gasteiger partial charge in [0.2, 0.25) is 0 Å². The summed E-state index contributed by atoms with van der Waals surface area (Å²) >= 11 is 8.58. The maximum atomic E-state index is 12.5. The molecule has 0 aliphatic heterocycles. The normalized spacial score (nSPS) is 10.0. The maximum Gasteiger partial charge on any atom is 0.261 e. The molecule has 2 aromatic rings. The number of thiocarbonyl (C=S) groups is 1. The molecule has 138 valence electrons. The highest BCUT2D eigenvalue weighted by Crippen LogP contribution is 2.29. The number of carbonyl (C=O) groups excluding carboxylic acids is 1. The van der Waals surface area contributed by atoms with Crippen molar-refractivity contribution < 1.29 is 19.0 Å². The first-order valence-corrected chi connectivity index (χ1v) is 8.95. The van der Waals surface area contributed by atoms with Crippen molar-refractivity contribution >= 4 is 44.9 Å². The van der Waals surface area contributed by atoms with Gasteiger partial charge >= 0.3 is 0 Å². The average Bonchev–Trinajstić information content (AvgIpc) is 2.63. The van der Waals surface area contributed by atoms with Gasteiger partial charge in [-0.15, -0.1) is 0 Å². The molecule has 0 heterocycles. The lowest BCUT2D eigenvalue weighted by Gasteiger charge is -2.14. The minimum absolute atomic E-state index is 0.157. The highest BCUT2D eigenvalue weighted by atomic mass is 79.9. The van der Waals surface area contributed by atoms with Gasteiger partial charge in [-0.25, -0.2) is 0 Å². The molecule has 2 N–H and O–H groups in total. The maximum absolute atomic E-state index is 12.5. The summed E-state index contributed by atoms with van der Waals surface area (Å²) in [4.78, 5) is 12.5. The Morgan fingerprint density at radius 1 is 1.08 bits per heavy atom. The van der Waals surface area contributed by atoms with E-state index in [9.17, 15) is 4.79 Å². The van der Waals surface area contributed by atoms with E-state index in [2.05, 4.69) is 26.6 Å². The van der Waals surface area contributed by atoms with Crippen LogP contribution in [0.1, 0.15) is 17.3 Å². The van der Waals surface area contributed by atoms with Crippen LogP contribution >= 0.6 is 28.1 Å². The van der Waals surface area contributed by atoms with Gasteiger partial charge in [-0.2, -0.15) is 0 Å². The Balaban J connectivity index is 2.10. The molecule has 8 heteroatoms. The van der Waals surface area contributed by atoms with Gasteiger partial charge in [0.05, 0.1) is 26.4 Å². The largest absolute Gasteiger partial charge is 0.493 e. The SMILES string of the molecule is CCOc1ccc(Br)cc1C(=O)NC(=S)Nc1ccc(OC)c(OC)c1. The second-order valence-corrected chi connectivity index (χ2v) is 6.38. The van der Waals surface area contributed by atoms with Gasteiger partial charge in [0.1, 0.15) is 5.75 Å². The molecule has 0 saturated heterocycles. The van der Waals surface area contributed by atoms with Gasteiger partial charge in [0.25, 0.3) is 5.91 Å². The minimum Gasteiger partial charge on any atom is -0.493 e. The van der Waals surface area contributed by atoms with Crippen LogP contribution in [0.5, 0.6) is 17.2 Å². The number of methoxy groups -OCH3 is 2. The molecule has 2 aromatic carbocycles. The highest BCUT2D eigenvalue weighted by Gasteiger charge is 2.15. The van der Waals surface area contributed by atoms with Gasteiger partial charge in [-0.1, -0.05) is 15.9 Å². The van der Waals surface area contributed by atoms with E-state index in [1.807, 2.05) is 13.0 Å². The molecule has 0 atom stereocenters. The number of halogens is 1. The van der Waals surface area contributed by atoms with Gasteiger partial charge < -0.3 is 19.5 Å². The van der Waals surface area contributed by atoms with Crippen molar-refractivity contribution in [3.05, 3.63) is 46.4 Å². The first-order chi connectivity index (χ1) is 12.5. The fourth-order valence-corrected chi connectivity index (χ4v) is 2.78. The van der Waals surface area contributed by atoms with Gasteiger partial charge in [-0.3, -0.25) is 10.1 Å². The van der Waals surface area contributed by atoms with Gasteiger partial charge in [0.15, 0.2) is 16.6 Å². The topological polar surface area (TPSA) is 68.8 Å². The zero-order valence-electron chi connectivity index (χ0n) is 14.6. The molecule has 0 fully saturated rings. The smallest absolute Gasteiger partial charge is 0.261 e. The molecule has 0 unspecified atom stereocenters. The van der Waals surface area contributed by atoms with Crippen molar-refractivity contribution in [2.24, 2.45) is 0 Å². The molecular weight excluding hydrogens is 420 g/mol. The number of carbonyl (C=O) groups is 1. The molecule has 0 aliphatic rings. The first-order valence-electron chi connectivity index (χ1n) is 7.75. The van der Waals surface area contributed by atoms with Gasteiger partial charge in [-0.05, 0) is 49.5 Å². The van der Waals surface area contributed by atoms with Crippen LogP contribution in [-0.2, 0) is 0 Å². The second-order valence-electron chi connectivity index (χ2n) is 5.05. The number of nitrogens with one attached hydrogen (secondary N) is 2. The Morgan fingerprint density at radius 3 is 2.42 bits per heavy atom. The number of benzene rings is 2. The Kier molecular flexibility index (Phi) is 7.23. The summed E-state index contributed by atoms with van der Waals surface area (Å²) in [6.07, 6.45) is 0. The molecule has 0 saturated carbocycles. The van der Waals surface area contributed by atoms with Crippen LogP contribution in [0.3, 0.4) is 0 Å². The molecule has 2 rings (SSSR count). The summed E-state index contributed by atoms with van der Waals surface area (Å²) < 4.78 is 16.7. The highest BCUT2D eigenvalue weighted by molar-refractivity contribution is 9.10. The number of anilines is 1. The van der Waals surface area contributed by atoms with E-state index in [4.69, 9.17) is 26.4 Å². The van der Waals surface area contributed by atoms with E-state index in [-0.39, 0.29) is 11.0 Å².